The number of hydrogen-bond donors (Lipinski definition) is 0. The number of methoxy groups -OCH3 is 1. The molecule has 2 aliphatic heterocycles. The average molecular weight is 439 g/mol. The molecular formula is C20H23ClN2O5S. The number of fused-ring (bicyclic) bond motifs is 1. The Kier molecular flexibility index (Phi) is 5.59. The van der Waals surface area contributed by atoms with Gasteiger partial charge in [-0.1, -0.05) is 17.7 Å². The Morgan fingerprint density at radius 1 is 1.17 bits per heavy atom. The molecule has 0 radical (unpaired) electrons. The normalized spacial score (nSPS) is 23.7. The molecule has 3 aliphatic rings. The molecule has 156 valence electrons. The highest BCUT2D eigenvalue weighted by atomic mass is 35.5. The summed E-state index contributed by atoms with van der Waals surface area (Å²) in [4.78, 5) is 14.5. The quantitative estimate of drug-likeness (QED) is 0.721. The Labute approximate surface area is 175 Å². The molecular weight excluding hydrogens is 416 g/mol. The van der Waals surface area contributed by atoms with E-state index in [1.54, 1.807) is 29.2 Å². The van der Waals surface area contributed by atoms with Crippen molar-refractivity contribution >= 4 is 27.7 Å². The number of carbonyl (C=O) groups excluding carboxylic acids is 1. The van der Waals surface area contributed by atoms with Gasteiger partial charge >= 0.3 is 6.09 Å². The molecule has 2 heterocycles. The van der Waals surface area contributed by atoms with Crippen molar-refractivity contribution in [3.63, 3.8) is 0 Å². The van der Waals surface area contributed by atoms with Crippen LogP contribution in [0.4, 0.5) is 4.79 Å². The van der Waals surface area contributed by atoms with Crippen molar-refractivity contribution in [3.05, 3.63) is 47.0 Å². The monoisotopic (exact) mass is 438 g/mol. The first-order chi connectivity index (χ1) is 13.9. The predicted molar refractivity (Wildman–Crippen MR) is 108 cm³/mol. The third-order valence-electron chi connectivity index (χ3n) is 5.71. The van der Waals surface area contributed by atoms with Crippen LogP contribution in [0.25, 0.3) is 0 Å². The van der Waals surface area contributed by atoms with Crippen LogP contribution in [0.15, 0.2) is 51.9 Å². The second kappa shape index (κ2) is 8.01. The molecule has 2 fully saturated rings. The van der Waals surface area contributed by atoms with Crippen molar-refractivity contribution in [1.29, 1.82) is 0 Å². The van der Waals surface area contributed by atoms with Crippen LogP contribution in [0.5, 0.6) is 5.75 Å². The van der Waals surface area contributed by atoms with E-state index >= 15 is 0 Å². The number of hydrogen-bond acceptors (Lipinski definition) is 5. The van der Waals surface area contributed by atoms with Crippen LogP contribution >= 0.6 is 11.6 Å². The number of carbonyl (C=O) groups is 1. The SMILES string of the molecule is COc1ccc(S(=O)(=O)N2CCC(N3C(=O)OCC4=CC(Cl)=CCC43)CC2)cc1. The van der Waals surface area contributed by atoms with Crippen LogP contribution in [0, 0.1) is 0 Å². The van der Waals surface area contributed by atoms with E-state index in [1.165, 1.54) is 11.4 Å². The standard InChI is InChI=1S/C20H23ClN2O5S/c1-27-17-3-5-18(6-4-17)29(25,26)22-10-8-16(9-11-22)23-19-7-2-15(21)12-14(19)13-28-20(23)24/h2-6,12,16,19H,7-11,13H2,1H3. The summed E-state index contributed by atoms with van der Waals surface area (Å²) >= 11 is 6.10. The van der Waals surface area contributed by atoms with Gasteiger partial charge in [0.05, 0.1) is 18.0 Å². The van der Waals surface area contributed by atoms with Gasteiger partial charge in [-0.3, -0.25) is 4.90 Å². The average Bonchev–Trinajstić information content (AvgIpc) is 2.74. The number of rotatable bonds is 4. The Balaban J connectivity index is 1.46. The van der Waals surface area contributed by atoms with Gasteiger partial charge in [0.25, 0.3) is 0 Å². The molecule has 9 heteroatoms. The van der Waals surface area contributed by atoms with E-state index in [9.17, 15) is 13.2 Å². The lowest BCUT2D eigenvalue weighted by molar-refractivity contribution is 0.0393. The smallest absolute Gasteiger partial charge is 0.410 e. The maximum absolute atomic E-state index is 12.9. The molecule has 0 N–H and O–H groups in total. The minimum Gasteiger partial charge on any atom is -0.497 e. The van der Waals surface area contributed by atoms with Crippen molar-refractivity contribution < 1.29 is 22.7 Å². The van der Waals surface area contributed by atoms with Crippen molar-refractivity contribution in [1.82, 2.24) is 9.21 Å². The summed E-state index contributed by atoms with van der Waals surface area (Å²) in [6.07, 6.45) is 5.21. The maximum Gasteiger partial charge on any atom is 0.410 e. The number of cyclic esters (lactones) is 1. The molecule has 1 amide bonds. The molecule has 1 aromatic rings. The number of nitrogens with zero attached hydrogens (tertiary/aromatic N) is 2. The fraction of sp³-hybridized carbons (Fsp3) is 0.450. The van der Waals surface area contributed by atoms with E-state index in [1.807, 2.05) is 12.2 Å². The minimum absolute atomic E-state index is 0.0616. The lowest BCUT2D eigenvalue weighted by atomic mass is 9.93. The molecule has 1 unspecified atom stereocenters. The number of benzene rings is 1. The summed E-state index contributed by atoms with van der Waals surface area (Å²) in [5, 5.41) is 0.662. The number of sulfonamides is 1. The third kappa shape index (κ3) is 3.89. The predicted octanol–water partition coefficient (Wildman–Crippen LogP) is 3.12. The van der Waals surface area contributed by atoms with Gasteiger partial charge in [0.15, 0.2) is 0 Å². The Morgan fingerprint density at radius 3 is 2.52 bits per heavy atom. The summed E-state index contributed by atoms with van der Waals surface area (Å²) in [5.41, 5.74) is 0.991. The summed E-state index contributed by atoms with van der Waals surface area (Å²) < 4.78 is 37.8. The van der Waals surface area contributed by atoms with Gasteiger partial charge in [0.2, 0.25) is 10.0 Å². The van der Waals surface area contributed by atoms with E-state index in [4.69, 9.17) is 21.1 Å². The van der Waals surface area contributed by atoms with Crippen LogP contribution in [0.2, 0.25) is 0 Å². The fourth-order valence-electron chi connectivity index (χ4n) is 4.15. The topological polar surface area (TPSA) is 76.2 Å². The van der Waals surface area contributed by atoms with E-state index < -0.39 is 10.0 Å². The first-order valence-corrected chi connectivity index (χ1v) is 11.4. The first-order valence-electron chi connectivity index (χ1n) is 9.55. The zero-order valence-electron chi connectivity index (χ0n) is 16.1. The molecule has 4 rings (SSSR count). The molecule has 7 nitrogen and oxygen atoms in total. The Morgan fingerprint density at radius 2 is 1.86 bits per heavy atom. The van der Waals surface area contributed by atoms with Crippen LogP contribution in [0.3, 0.4) is 0 Å². The molecule has 0 saturated carbocycles. The highest BCUT2D eigenvalue weighted by Gasteiger charge is 2.41. The number of allylic oxidation sites excluding steroid dienone is 2. The van der Waals surface area contributed by atoms with Gasteiger partial charge in [-0.2, -0.15) is 4.31 Å². The number of halogens is 1. The maximum atomic E-state index is 12.9. The second-order valence-corrected chi connectivity index (χ2v) is 9.71. The summed E-state index contributed by atoms with van der Waals surface area (Å²) in [5.74, 6) is 0.608. The third-order valence-corrected chi connectivity index (χ3v) is 7.89. The van der Waals surface area contributed by atoms with Gasteiger partial charge in [-0.15, -0.1) is 0 Å². The van der Waals surface area contributed by atoms with Crippen molar-refractivity contribution in [2.75, 3.05) is 26.8 Å². The van der Waals surface area contributed by atoms with Crippen LogP contribution < -0.4 is 4.74 Å². The lowest BCUT2D eigenvalue weighted by Crippen LogP contribution is -2.56. The summed E-state index contributed by atoms with van der Waals surface area (Å²) in [7, 11) is -2.04. The number of amides is 1. The van der Waals surface area contributed by atoms with Gasteiger partial charge in [0.1, 0.15) is 12.4 Å². The van der Waals surface area contributed by atoms with Crippen molar-refractivity contribution in [2.45, 2.75) is 36.2 Å². The number of piperidine rings is 1. The molecule has 1 aromatic carbocycles. The largest absolute Gasteiger partial charge is 0.497 e. The molecule has 2 saturated heterocycles. The summed E-state index contributed by atoms with van der Waals surface area (Å²) in [6.45, 7) is 0.963. The zero-order chi connectivity index (χ0) is 20.6. The highest BCUT2D eigenvalue weighted by molar-refractivity contribution is 7.89. The fourth-order valence-corrected chi connectivity index (χ4v) is 5.84. The van der Waals surface area contributed by atoms with Crippen molar-refractivity contribution in [3.8, 4) is 5.75 Å². The van der Waals surface area contributed by atoms with Gasteiger partial charge in [-0.05, 0) is 55.2 Å². The van der Waals surface area contributed by atoms with E-state index in [-0.39, 0.29) is 29.7 Å². The highest BCUT2D eigenvalue weighted by Crippen LogP contribution is 2.33. The molecule has 1 atom stereocenters. The second-order valence-electron chi connectivity index (χ2n) is 7.33. The zero-order valence-corrected chi connectivity index (χ0v) is 17.7. The molecule has 0 spiro atoms. The lowest BCUT2D eigenvalue weighted by Gasteiger charge is -2.45. The van der Waals surface area contributed by atoms with E-state index in [2.05, 4.69) is 0 Å². The van der Waals surface area contributed by atoms with Gasteiger partial charge in [-0.25, -0.2) is 13.2 Å². The Hall–Kier alpha value is -2.03. The molecule has 29 heavy (non-hydrogen) atoms. The van der Waals surface area contributed by atoms with E-state index in [0.717, 1.165) is 5.57 Å². The van der Waals surface area contributed by atoms with Crippen LogP contribution in [-0.4, -0.2) is 62.6 Å². The molecule has 1 aliphatic carbocycles. The van der Waals surface area contributed by atoms with Crippen LogP contribution in [0.1, 0.15) is 19.3 Å². The van der Waals surface area contributed by atoms with Gasteiger partial charge in [0, 0.05) is 24.2 Å². The number of ether oxygens (including phenoxy) is 2. The van der Waals surface area contributed by atoms with Crippen LogP contribution in [-0.2, 0) is 14.8 Å². The molecule has 0 aromatic heterocycles. The van der Waals surface area contributed by atoms with E-state index in [0.29, 0.717) is 43.1 Å². The summed E-state index contributed by atoms with van der Waals surface area (Å²) in [6, 6.07) is 6.25. The minimum atomic E-state index is -3.58. The first kappa shape index (κ1) is 20.3. The molecule has 0 bridgehead atoms. The van der Waals surface area contributed by atoms with Gasteiger partial charge < -0.3 is 9.47 Å². The van der Waals surface area contributed by atoms with Crippen molar-refractivity contribution in [2.24, 2.45) is 0 Å². The Bertz CT molecular complexity index is 950.